The van der Waals surface area contributed by atoms with Crippen molar-refractivity contribution in [2.75, 3.05) is 20.1 Å². The normalized spacial score (nSPS) is 12.3. The Kier molecular flexibility index (Phi) is 34.3. The third-order valence-corrected chi connectivity index (χ3v) is 7.49. The molecule has 0 bridgehead atoms. The number of rotatable bonds is 29. The molecule has 0 saturated heterocycles. The van der Waals surface area contributed by atoms with Gasteiger partial charge in [0.15, 0.2) is 0 Å². The van der Waals surface area contributed by atoms with E-state index < -0.39 is 6.29 Å². The van der Waals surface area contributed by atoms with Gasteiger partial charge in [0.1, 0.15) is 6.54 Å². The van der Waals surface area contributed by atoms with Gasteiger partial charge in [0.2, 0.25) is 6.29 Å². The van der Waals surface area contributed by atoms with E-state index in [9.17, 15) is 0 Å². The molecule has 0 rings (SSSR count). The number of likely N-dealkylation sites (N-methyl/N-ethyl adjacent to an activating group) is 1. The average Bonchev–Trinajstić information content (AvgIpc) is 2.81. The molecular weight excluding hydrogens is 454 g/mol. The lowest BCUT2D eigenvalue weighted by Crippen LogP contribution is -3.10. The van der Waals surface area contributed by atoms with E-state index in [1.165, 1.54) is 172 Å². The minimum absolute atomic E-state index is 0. The van der Waals surface area contributed by atoms with Crippen molar-refractivity contribution in [3.63, 3.8) is 0 Å². The highest BCUT2D eigenvalue weighted by Gasteiger charge is 2.06. The number of halogens is 1. The Balaban J connectivity index is 0. The third-order valence-electron chi connectivity index (χ3n) is 7.49. The highest BCUT2D eigenvalue weighted by atomic mass is 35.5. The largest absolute Gasteiger partial charge is 1.00 e. The van der Waals surface area contributed by atoms with Crippen molar-refractivity contribution >= 4 is 0 Å². The van der Waals surface area contributed by atoms with Crippen molar-refractivity contribution < 1.29 is 27.5 Å². The van der Waals surface area contributed by atoms with Gasteiger partial charge < -0.3 is 27.5 Å². The molecule has 0 spiro atoms. The van der Waals surface area contributed by atoms with Gasteiger partial charge in [-0.25, -0.2) is 0 Å². The fraction of sp³-hybridized carbons (Fsp3) is 1.00. The Morgan fingerprint density at radius 3 is 0.886 bits per heavy atom. The van der Waals surface area contributed by atoms with Crippen molar-refractivity contribution in [3.05, 3.63) is 0 Å². The Morgan fingerprint density at radius 2 is 0.657 bits per heavy atom. The molecule has 0 aromatic carbocycles. The van der Waals surface area contributed by atoms with Crippen molar-refractivity contribution in [2.45, 2.75) is 180 Å². The maximum atomic E-state index is 8.95. The topological polar surface area (TPSA) is 44.9 Å². The maximum Gasteiger partial charge on any atom is 0.202 e. The van der Waals surface area contributed by atoms with E-state index in [2.05, 4.69) is 6.92 Å². The second-order valence-corrected chi connectivity index (χ2v) is 11.2. The van der Waals surface area contributed by atoms with Gasteiger partial charge in [0.05, 0.1) is 13.6 Å². The van der Waals surface area contributed by atoms with Crippen LogP contribution in [0.1, 0.15) is 174 Å². The first-order valence-corrected chi connectivity index (χ1v) is 15.8. The molecule has 0 aliphatic heterocycles. The summed E-state index contributed by atoms with van der Waals surface area (Å²) in [5, 5.41) is 17.9. The van der Waals surface area contributed by atoms with Crippen molar-refractivity contribution in [3.8, 4) is 0 Å². The molecule has 0 radical (unpaired) electrons. The molecule has 1 atom stereocenters. The predicted octanol–water partition coefficient (Wildman–Crippen LogP) is 4.98. The Morgan fingerprint density at radius 1 is 0.429 bits per heavy atom. The standard InChI is InChI=1S/C31H65NO2.ClH/c1-3-4-5-6-7-8-9-10-11-12-13-14-15-16-17-18-19-20-21-22-23-24-25-26-27-28-29-32(2)30-31(33)34;/h31,33-34H,3-30H2,1-2H3;1H. The summed E-state index contributed by atoms with van der Waals surface area (Å²) >= 11 is 0. The van der Waals surface area contributed by atoms with Gasteiger partial charge in [0.25, 0.3) is 0 Å². The molecule has 0 amide bonds. The third kappa shape index (κ3) is 34.2. The Labute approximate surface area is 227 Å². The molecule has 0 aliphatic carbocycles. The zero-order valence-corrected chi connectivity index (χ0v) is 24.9. The van der Waals surface area contributed by atoms with Crippen LogP contribution in [0.5, 0.6) is 0 Å². The molecule has 0 saturated carbocycles. The van der Waals surface area contributed by atoms with E-state index in [-0.39, 0.29) is 12.4 Å². The second kappa shape index (κ2) is 32.2. The summed E-state index contributed by atoms with van der Waals surface area (Å²) in [5.41, 5.74) is 0. The van der Waals surface area contributed by atoms with Crippen LogP contribution >= 0.6 is 0 Å². The number of aliphatic hydroxyl groups is 2. The lowest BCUT2D eigenvalue weighted by atomic mass is 10.0. The van der Waals surface area contributed by atoms with Gasteiger partial charge in [0, 0.05) is 0 Å². The highest BCUT2D eigenvalue weighted by Crippen LogP contribution is 2.15. The number of quaternary nitrogens is 1. The summed E-state index contributed by atoms with van der Waals surface area (Å²) in [6, 6.07) is 0. The van der Waals surface area contributed by atoms with Gasteiger partial charge in [-0.05, 0) is 12.8 Å². The predicted molar refractivity (Wildman–Crippen MR) is 151 cm³/mol. The molecule has 0 aromatic heterocycles. The molecule has 0 aliphatic rings. The molecule has 35 heavy (non-hydrogen) atoms. The maximum absolute atomic E-state index is 8.95. The van der Waals surface area contributed by atoms with Gasteiger partial charge >= 0.3 is 0 Å². The average molecular weight is 520 g/mol. The minimum Gasteiger partial charge on any atom is -1.00 e. The lowest BCUT2D eigenvalue weighted by molar-refractivity contribution is -0.886. The van der Waals surface area contributed by atoms with E-state index in [0.29, 0.717) is 6.54 Å². The summed E-state index contributed by atoms with van der Waals surface area (Å²) in [5.74, 6) is 0. The Bertz CT molecular complexity index is 368. The zero-order chi connectivity index (χ0) is 25.0. The Hall–Kier alpha value is 0.170. The van der Waals surface area contributed by atoms with Crippen LogP contribution in [0.15, 0.2) is 0 Å². The number of hydrogen-bond acceptors (Lipinski definition) is 2. The van der Waals surface area contributed by atoms with E-state index in [4.69, 9.17) is 10.2 Å². The summed E-state index contributed by atoms with van der Waals surface area (Å²) < 4.78 is 0. The van der Waals surface area contributed by atoms with Crippen molar-refractivity contribution in [1.82, 2.24) is 0 Å². The number of aliphatic hydroxyl groups excluding tert-OH is 1. The first kappa shape index (κ1) is 37.3. The smallest absolute Gasteiger partial charge is 0.202 e. The van der Waals surface area contributed by atoms with Crippen molar-refractivity contribution in [2.24, 2.45) is 0 Å². The van der Waals surface area contributed by atoms with Crippen LogP contribution in [-0.2, 0) is 0 Å². The van der Waals surface area contributed by atoms with Crippen LogP contribution in [-0.4, -0.2) is 36.6 Å². The molecule has 4 heteroatoms. The first-order chi connectivity index (χ1) is 16.7. The summed E-state index contributed by atoms with van der Waals surface area (Å²) in [6.45, 7) is 3.80. The molecule has 214 valence electrons. The monoisotopic (exact) mass is 519 g/mol. The molecule has 3 nitrogen and oxygen atoms in total. The van der Waals surface area contributed by atoms with E-state index >= 15 is 0 Å². The van der Waals surface area contributed by atoms with E-state index in [0.717, 1.165) is 6.54 Å². The lowest BCUT2D eigenvalue weighted by Gasteiger charge is -2.14. The summed E-state index contributed by atoms with van der Waals surface area (Å²) in [7, 11) is 2.04. The number of nitrogens with one attached hydrogen (secondary N) is 1. The summed E-state index contributed by atoms with van der Waals surface area (Å²) in [6.07, 6.45) is 36.0. The fourth-order valence-electron chi connectivity index (χ4n) is 5.16. The van der Waals surface area contributed by atoms with Gasteiger partial charge in [-0.15, -0.1) is 0 Å². The van der Waals surface area contributed by atoms with Crippen LogP contribution in [0.3, 0.4) is 0 Å². The zero-order valence-electron chi connectivity index (χ0n) is 24.1. The van der Waals surface area contributed by atoms with E-state index in [1.54, 1.807) is 0 Å². The van der Waals surface area contributed by atoms with Crippen molar-refractivity contribution in [1.29, 1.82) is 0 Å². The number of hydrogen-bond donors (Lipinski definition) is 3. The minimum atomic E-state index is -1.16. The fourth-order valence-corrected chi connectivity index (χ4v) is 5.16. The SMILES string of the molecule is CCCCCCCCCCCCCCCCCCCCCCCCCCCC[NH+](C)CC(O)O.[Cl-]. The van der Waals surface area contributed by atoms with Gasteiger partial charge in [-0.1, -0.05) is 161 Å². The molecular formula is C31H66ClNO2. The number of unbranched alkanes of at least 4 members (excludes halogenated alkanes) is 25. The molecule has 3 N–H and O–H groups in total. The van der Waals surface area contributed by atoms with Crippen LogP contribution in [0.2, 0.25) is 0 Å². The van der Waals surface area contributed by atoms with Gasteiger partial charge in [-0.2, -0.15) is 0 Å². The van der Waals surface area contributed by atoms with Crippen LogP contribution in [0.25, 0.3) is 0 Å². The quantitative estimate of drug-likeness (QED) is 0.0963. The first-order valence-electron chi connectivity index (χ1n) is 15.8. The second-order valence-electron chi connectivity index (χ2n) is 11.2. The summed E-state index contributed by atoms with van der Waals surface area (Å²) in [4.78, 5) is 1.22. The van der Waals surface area contributed by atoms with E-state index in [1.807, 2.05) is 7.05 Å². The van der Waals surface area contributed by atoms with Gasteiger partial charge in [-0.3, -0.25) is 0 Å². The molecule has 0 heterocycles. The molecule has 0 aromatic rings. The van der Waals surface area contributed by atoms with Crippen LogP contribution in [0, 0.1) is 0 Å². The highest BCUT2D eigenvalue weighted by molar-refractivity contribution is 4.52. The molecule has 1 unspecified atom stereocenters. The van der Waals surface area contributed by atoms with Crippen LogP contribution < -0.4 is 17.3 Å². The molecule has 0 fully saturated rings. The van der Waals surface area contributed by atoms with Crippen LogP contribution in [0.4, 0.5) is 0 Å².